The molecule has 5 nitrogen and oxygen atoms in total. The number of hydrogen-bond donors (Lipinski definition) is 0. The number of carbonyl (C=O) groups is 1. The normalized spacial score (nSPS) is 19.8. The minimum Gasteiger partial charge on any atom is -0.338 e. The van der Waals surface area contributed by atoms with Crippen LogP contribution < -0.4 is 0 Å². The van der Waals surface area contributed by atoms with Gasteiger partial charge in [-0.05, 0) is 55.5 Å². The van der Waals surface area contributed by atoms with Gasteiger partial charge in [0.25, 0.3) is 16.0 Å². The zero-order valence-electron chi connectivity index (χ0n) is 17.5. The molecule has 1 fully saturated rings. The molecule has 0 aromatic heterocycles. The third-order valence-corrected chi connectivity index (χ3v) is 7.10. The van der Waals surface area contributed by atoms with Crippen molar-refractivity contribution < 1.29 is 17.4 Å². The fraction of sp³-hybridized carbons (Fsp3) is 0.435. The van der Waals surface area contributed by atoms with Crippen molar-refractivity contribution in [1.29, 1.82) is 0 Å². The Bertz CT molecular complexity index is 1010. The molecule has 2 aromatic carbocycles. The highest BCUT2D eigenvalue weighted by atomic mass is 35.5. The Kier molecular flexibility index (Phi) is 8.03. The van der Waals surface area contributed by atoms with Crippen LogP contribution in [-0.4, -0.2) is 45.2 Å². The first kappa shape index (κ1) is 24.1. The lowest BCUT2D eigenvalue weighted by Gasteiger charge is -2.37. The molecule has 31 heavy (non-hydrogen) atoms. The van der Waals surface area contributed by atoms with E-state index in [9.17, 15) is 13.2 Å². The summed E-state index contributed by atoms with van der Waals surface area (Å²) in [6.07, 6.45) is 4.98. The number of benzene rings is 2. The maximum Gasteiger partial charge on any atom is 0.264 e. The van der Waals surface area contributed by atoms with Crippen LogP contribution >= 0.6 is 23.2 Å². The van der Waals surface area contributed by atoms with Crippen molar-refractivity contribution in [2.75, 3.05) is 26.0 Å². The van der Waals surface area contributed by atoms with Gasteiger partial charge in [-0.2, -0.15) is 8.42 Å². The maximum atomic E-state index is 13.2. The summed E-state index contributed by atoms with van der Waals surface area (Å²) in [5.74, 6) is -0.000628. The third-order valence-electron chi connectivity index (χ3n) is 5.76. The van der Waals surface area contributed by atoms with Crippen molar-refractivity contribution in [1.82, 2.24) is 4.90 Å². The predicted octanol–water partition coefficient (Wildman–Crippen LogP) is 5.31. The molecular formula is C23H27Cl2NO4S. The molecule has 0 aliphatic carbocycles. The predicted molar refractivity (Wildman–Crippen MR) is 124 cm³/mol. The van der Waals surface area contributed by atoms with Crippen LogP contribution in [0.3, 0.4) is 0 Å². The van der Waals surface area contributed by atoms with Crippen molar-refractivity contribution in [3.05, 3.63) is 69.7 Å². The van der Waals surface area contributed by atoms with Gasteiger partial charge in [0.2, 0.25) is 0 Å². The number of halogens is 2. The molecule has 1 amide bonds. The van der Waals surface area contributed by atoms with E-state index in [-0.39, 0.29) is 17.9 Å². The van der Waals surface area contributed by atoms with Gasteiger partial charge in [-0.15, -0.1) is 0 Å². The fourth-order valence-electron chi connectivity index (χ4n) is 4.26. The lowest BCUT2D eigenvalue weighted by atomic mass is 9.73. The second-order valence-electron chi connectivity index (χ2n) is 8.09. The number of carbonyl (C=O) groups excluding carboxylic acids is 1. The molecule has 1 saturated heterocycles. The van der Waals surface area contributed by atoms with E-state index in [0.717, 1.165) is 31.1 Å². The van der Waals surface area contributed by atoms with Gasteiger partial charge in [0.05, 0.1) is 22.9 Å². The Morgan fingerprint density at radius 1 is 1.10 bits per heavy atom. The zero-order chi connectivity index (χ0) is 22.5. The molecule has 3 rings (SSSR count). The summed E-state index contributed by atoms with van der Waals surface area (Å²) in [6.45, 7) is 1.31. The molecule has 0 spiro atoms. The topological polar surface area (TPSA) is 63.7 Å². The SMILES string of the molecule is CS(=O)(=O)OCCCC1(c2ccc(Cl)c(Cl)c2)CCCCN(C(=O)c2ccccc2)C1. The minimum absolute atomic E-state index is 0.000628. The second kappa shape index (κ2) is 10.3. The monoisotopic (exact) mass is 483 g/mol. The Morgan fingerprint density at radius 2 is 1.84 bits per heavy atom. The van der Waals surface area contributed by atoms with Gasteiger partial charge in [0.15, 0.2) is 0 Å². The molecule has 0 radical (unpaired) electrons. The van der Waals surface area contributed by atoms with E-state index >= 15 is 0 Å². The van der Waals surface area contributed by atoms with E-state index < -0.39 is 10.1 Å². The van der Waals surface area contributed by atoms with Crippen LogP contribution in [0.1, 0.15) is 48.0 Å². The smallest absolute Gasteiger partial charge is 0.264 e. The van der Waals surface area contributed by atoms with Crippen LogP contribution in [0.5, 0.6) is 0 Å². The summed E-state index contributed by atoms with van der Waals surface area (Å²) < 4.78 is 27.7. The van der Waals surface area contributed by atoms with E-state index in [1.807, 2.05) is 47.4 Å². The van der Waals surface area contributed by atoms with Crippen molar-refractivity contribution in [2.24, 2.45) is 0 Å². The Morgan fingerprint density at radius 3 is 2.52 bits per heavy atom. The highest BCUT2D eigenvalue weighted by Crippen LogP contribution is 2.40. The van der Waals surface area contributed by atoms with Gasteiger partial charge in [-0.1, -0.05) is 53.9 Å². The van der Waals surface area contributed by atoms with Crippen molar-refractivity contribution in [3.8, 4) is 0 Å². The summed E-state index contributed by atoms with van der Waals surface area (Å²) in [6, 6.07) is 14.9. The number of likely N-dealkylation sites (tertiary alicyclic amines) is 1. The summed E-state index contributed by atoms with van der Waals surface area (Å²) >= 11 is 12.5. The van der Waals surface area contributed by atoms with E-state index in [1.54, 1.807) is 6.07 Å². The maximum absolute atomic E-state index is 13.2. The summed E-state index contributed by atoms with van der Waals surface area (Å²) in [7, 11) is -3.49. The van der Waals surface area contributed by atoms with Crippen LogP contribution in [0.15, 0.2) is 48.5 Å². The van der Waals surface area contributed by atoms with E-state index in [4.69, 9.17) is 27.4 Å². The number of rotatable bonds is 7. The number of amides is 1. The van der Waals surface area contributed by atoms with Crippen LogP contribution in [0.4, 0.5) is 0 Å². The molecule has 2 aromatic rings. The van der Waals surface area contributed by atoms with Crippen molar-refractivity contribution in [2.45, 2.75) is 37.5 Å². The van der Waals surface area contributed by atoms with Crippen LogP contribution in [0, 0.1) is 0 Å². The quantitative estimate of drug-likeness (QED) is 0.395. The molecule has 1 unspecified atom stereocenters. The van der Waals surface area contributed by atoms with Crippen LogP contribution in [-0.2, 0) is 19.7 Å². The summed E-state index contributed by atoms with van der Waals surface area (Å²) in [4.78, 5) is 15.1. The Labute approximate surface area is 194 Å². The lowest BCUT2D eigenvalue weighted by Crippen LogP contribution is -2.43. The van der Waals surface area contributed by atoms with E-state index in [0.29, 0.717) is 41.5 Å². The molecule has 8 heteroatoms. The van der Waals surface area contributed by atoms with Gasteiger partial charge in [0, 0.05) is 24.1 Å². The van der Waals surface area contributed by atoms with Gasteiger partial charge < -0.3 is 4.90 Å². The molecule has 0 N–H and O–H groups in total. The van der Waals surface area contributed by atoms with Gasteiger partial charge >= 0.3 is 0 Å². The molecule has 1 aliphatic heterocycles. The zero-order valence-corrected chi connectivity index (χ0v) is 19.8. The summed E-state index contributed by atoms with van der Waals surface area (Å²) in [5.41, 5.74) is 1.30. The molecule has 1 heterocycles. The largest absolute Gasteiger partial charge is 0.338 e. The number of nitrogens with zero attached hydrogens (tertiary/aromatic N) is 1. The Balaban J connectivity index is 1.90. The van der Waals surface area contributed by atoms with E-state index in [1.165, 1.54) is 0 Å². The van der Waals surface area contributed by atoms with Gasteiger partial charge in [-0.3, -0.25) is 8.98 Å². The average Bonchev–Trinajstić information content (AvgIpc) is 2.96. The number of hydrogen-bond acceptors (Lipinski definition) is 4. The molecule has 168 valence electrons. The second-order valence-corrected chi connectivity index (χ2v) is 10.5. The first-order valence-electron chi connectivity index (χ1n) is 10.3. The first-order chi connectivity index (χ1) is 14.7. The molecule has 1 atom stereocenters. The van der Waals surface area contributed by atoms with E-state index in [2.05, 4.69) is 0 Å². The van der Waals surface area contributed by atoms with Crippen LogP contribution in [0.2, 0.25) is 10.0 Å². The highest BCUT2D eigenvalue weighted by molar-refractivity contribution is 7.85. The standard InChI is InChI=1S/C23H27Cl2NO4S/c1-31(28,29)30-15-7-13-23(19-10-11-20(24)21(25)16-19)12-5-6-14-26(17-23)22(27)18-8-3-2-4-9-18/h2-4,8-11,16H,5-7,12-15,17H2,1H3. The fourth-order valence-corrected chi connectivity index (χ4v) is 4.98. The highest BCUT2D eigenvalue weighted by Gasteiger charge is 2.37. The minimum atomic E-state index is -3.49. The van der Waals surface area contributed by atoms with Gasteiger partial charge in [-0.25, -0.2) is 0 Å². The molecular weight excluding hydrogens is 457 g/mol. The van der Waals surface area contributed by atoms with Crippen LogP contribution in [0.25, 0.3) is 0 Å². The third kappa shape index (κ3) is 6.45. The first-order valence-corrected chi connectivity index (χ1v) is 12.9. The molecule has 1 aliphatic rings. The molecule has 0 saturated carbocycles. The average molecular weight is 484 g/mol. The summed E-state index contributed by atoms with van der Waals surface area (Å²) in [5, 5.41) is 0.947. The Hall–Kier alpha value is -1.60. The lowest BCUT2D eigenvalue weighted by molar-refractivity contribution is 0.0720. The van der Waals surface area contributed by atoms with Gasteiger partial charge in [0.1, 0.15) is 0 Å². The molecule has 0 bridgehead atoms. The van der Waals surface area contributed by atoms with Crippen molar-refractivity contribution in [3.63, 3.8) is 0 Å². The van der Waals surface area contributed by atoms with Crippen molar-refractivity contribution >= 4 is 39.2 Å².